The molecule has 0 amide bonds. The van der Waals surface area contributed by atoms with Gasteiger partial charge in [-0.05, 0) is 40.5 Å². The average Bonchev–Trinajstić information content (AvgIpc) is 2.36. The summed E-state index contributed by atoms with van der Waals surface area (Å²) in [6.45, 7) is 1.50. The van der Waals surface area contributed by atoms with Crippen LogP contribution < -0.4 is 0 Å². The summed E-state index contributed by atoms with van der Waals surface area (Å²) in [5.41, 5.74) is 0.455. The van der Waals surface area contributed by atoms with E-state index in [1.165, 1.54) is 25.1 Å². The van der Waals surface area contributed by atoms with Crippen molar-refractivity contribution in [3.05, 3.63) is 68.9 Å². The van der Waals surface area contributed by atoms with Crippen LogP contribution in [0, 0.1) is 24.4 Å². The van der Waals surface area contributed by atoms with Crippen LogP contribution in [-0.2, 0) is 0 Å². The SMILES string of the molecule is Cc1cc(C(Cl)c2cccc(Br)c2F)c(F)cc1F. The molecule has 2 aromatic carbocycles. The molecule has 0 fully saturated rings. The zero-order chi connectivity index (χ0) is 14.2. The van der Waals surface area contributed by atoms with E-state index in [9.17, 15) is 13.2 Å². The van der Waals surface area contributed by atoms with Crippen LogP contribution in [0.3, 0.4) is 0 Å². The number of alkyl halides is 1. The van der Waals surface area contributed by atoms with E-state index in [0.717, 1.165) is 6.07 Å². The molecule has 2 aromatic rings. The average molecular weight is 350 g/mol. The fraction of sp³-hybridized carbons (Fsp3) is 0.143. The van der Waals surface area contributed by atoms with Gasteiger partial charge in [-0.25, -0.2) is 13.2 Å². The molecule has 0 bridgehead atoms. The van der Waals surface area contributed by atoms with Crippen LogP contribution in [0.2, 0.25) is 0 Å². The standard InChI is InChI=1S/C14H9BrClF3/c1-7-5-9(12(18)6-11(7)17)13(16)8-3-2-4-10(15)14(8)19/h2-6,13H,1H3. The molecule has 0 nitrogen and oxygen atoms in total. The van der Waals surface area contributed by atoms with Crippen molar-refractivity contribution in [2.75, 3.05) is 0 Å². The summed E-state index contributed by atoms with van der Waals surface area (Å²) in [7, 11) is 0. The number of hydrogen-bond acceptors (Lipinski definition) is 0. The normalized spacial score (nSPS) is 12.5. The van der Waals surface area contributed by atoms with Crippen molar-refractivity contribution < 1.29 is 13.2 Å². The lowest BCUT2D eigenvalue weighted by atomic mass is 10.0. The van der Waals surface area contributed by atoms with Crippen molar-refractivity contribution in [3.63, 3.8) is 0 Å². The van der Waals surface area contributed by atoms with Crippen LogP contribution in [0.25, 0.3) is 0 Å². The zero-order valence-corrected chi connectivity index (χ0v) is 12.2. The first-order chi connectivity index (χ1) is 8.91. The highest BCUT2D eigenvalue weighted by Gasteiger charge is 2.21. The minimum absolute atomic E-state index is 0.0533. The maximum Gasteiger partial charge on any atom is 0.142 e. The molecule has 0 saturated heterocycles. The molecular weight excluding hydrogens is 341 g/mol. The predicted octanol–water partition coefficient (Wildman–Crippen LogP) is 5.50. The van der Waals surface area contributed by atoms with E-state index in [1.54, 1.807) is 6.07 Å². The van der Waals surface area contributed by atoms with E-state index >= 15 is 0 Å². The lowest BCUT2D eigenvalue weighted by Gasteiger charge is -2.14. The Bertz CT molecular complexity index is 628. The molecule has 0 aromatic heterocycles. The van der Waals surface area contributed by atoms with Gasteiger partial charge in [-0.1, -0.05) is 12.1 Å². The fourth-order valence-electron chi connectivity index (χ4n) is 1.76. The number of hydrogen-bond donors (Lipinski definition) is 0. The van der Waals surface area contributed by atoms with Crippen LogP contribution in [0.1, 0.15) is 22.1 Å². The largest absolute Gasteiger partial charge is 0.207 e. The number of halogens is 5. The van der Waals surface area contributed by atoms with E-state index in [0.29, 0.717) is 0 Å². The third kappa shape index (κ3) is 2.79. The summed E-state index contributed by atoms with van der Waals surface area (Å²) >= 11 is 9.16. The van der Waals surface area contributed by atoms with Gasteiger partial charge in [0.05, 0.1) is 9.85 Å². The summed E-state index contributed by atoms with van der Waals surface area (Å²) < 4.78 is 41.1. The lowest BCUT2D eigenvalue weighted by Crippen LogP contribution is -2.02. The van der Waals surface area contributed by atoms with Gasteiger partial charge in [0.2, 0.25) is 0 Å². The molecule has 0 aliphatic heterocycles. The van der Waals surface area contributed by atoms with Gasteiger partial charge in [-0.15, -0.1) is 11.6 Å². The highest BCUT2D eigenvalue weighted by atomic mass is 79.9. The third-order valence-electron chi connectivity index (χ3n) is 2.81. The highest BCUT2D eigenvalue weighted by molar-refractivity contribution is 9.10. The summed E-state index contributed by atoms with van der Waals surface area (Å²) in [6, 6.07) is 6.65. The van der Waals surface area contributed by atoms with Gasteiger partial charge >= 0.3 is 0 Å². The van der Waals surface area contributed by atoms with Crippen molar-refractivity contribution in [2.24, 2.45) is 0 Å². The Labute approximate surface area is 122 Å². The van der Waals surface area contributed by atoms with E-state index < -0.39 is 22.8 Å². The first kappa shape index (κ1) is 14.4. The Hall–Kier alpha value is -1.00. The maximum absolute atomic E-state index is 13.9. The van der Waals surface area contributed by atoms with E-state index in [4.69, 9.17) is 11.6 Å². The number of benzene rings is 2. The van der Waals surface area contributed by atoms with Gasteiger partial charge in [0.1, 0.15) is 17.5 Å². The molecule has 100 valence electrons. The Morgan fingerprint density at radius 1 is 1.05 bits per heavy atom. The molecule has 0 heterocycles. The monoisotopic (exact) mass is 348 g/mol. The fourth-order valence-corrected chi connectivity index (χ4v) is 2.47. The van der Waals surface area contributed by atoms with Crippen LogP contribution in [0.15, 0.2) is 34.8 Å². The molecule has 0 aliphatic rings. The van der Waals surface area contributed by atoms with Crippen molar-refractivity contribution >= 4 is 27.5 Å². The molecule has 2 rings (SSSR count). The molecule has 0 aliphatic carbocycles. The molecule has 0 saturated carbocycles. The summed E-state index contributed by atoms with van der Waals surface area (Å²) in [5.74, 6) is -1.99. The zero-order valence-electron chi connectivity index (χ0n) is 9.85. The first-order valence-corrected chi connectivity index (χ1v) is 6.68. The van der Waals surface area contributed by atoms with Crippen LogP contribution in [-0.4, -0.2) is 0 Å². The second-order valence-corrected chi connectivity index (χ2v) is 5.42. The highest BCUT2D eigenvalue weighted by Crippen LogP contribution is 2.35. The summed E-state index contributed by atoms with van der Waals surface area (Å²) in [4.78, 5) is 0. The van der Waals surface area contributed by atoms with Crippen molar-refractivity contribution in [3.8, 4) is 0 Å². The molecule has 19 heavy (non-hydrogen) atoms. The van der Waals surface area contributed by atoms with Crippen molar-refractivity contribution in [2.45, 2.75) is 12.3 Å². The quantitative estimate of drug-likeness (QED) is 0.628. The molecule has 1 unspecified atom stereocenters. The van der Waals surface area contributed by atoms with E-state index in [1.807, 2.05) is 0 Å². The molecule has 0 spiro atoms. The topological polar surface area (TPSA) is 0 Å². The molecule has 5 heteroatoms. The van der Waals surface area contributed by atoms with E-state index in [2.05, 4.69) is 15.9 Å². The molecule has 0 radical (unpaired) electrons. The van der Waals surface area contributed by atoms with E-state index in [-0.39, 0.29) is 21.2 Å². The van der Waals surface area contributed by atoms with Gasteiger partial charge in [0.15, 0.2) is 0 Å². The lowest BCUT2D eigenvalue weighted by molar-refractivity contribution is 0.564. The number of aryl methyl sites for hydroxylation is 1. The van der Waals surface area contributed by atoms with Gasteiger partial charge in [-0.2, -0.15) is 0 Å². The minimum Gasteiger partial charge on any atom is -0.207 e. The molecule has 0 N–H and O–H groups in total. The third-order valence-corrected chi connectivity index (χ3v) is 3.89. The van der Waals surface area contributed by atoms with Gasteiger partial charge < -0.3 is 0 Å². The van der Waals surface area contributed by atoms with Gasteiger partial charge in [0.25, 0.3) is 0 Å². The Morgan fingerprint density at radius 3 is 2.42 bits per heavy atom. The maximum atomic E-state index is 13.9. The first-order valence-electron chi connectivity index (χ1n) is 5.45. The molecular formula is C14H9BrClF3. The number of rotatable bonds is 2. The summed E-state index contributed by atoms with van der Waals surface area (Å²) in [6.07, 6.45) is 0. The van der Waals surface area contributed by atoms with Gasteiger partial charge in [-0.3, -0.25) is 0 Å². The Morgan fingerprint density at radius 2 is 1.74 bits per heavy atom. The van der Waals surface area contributed by atoms with Crippen molar-refractivity contribution in [1.29, 1.82) is 0 Å². The Balaban J connectivity index is 2.53. The second kappa shape index (κ2) is 5.55. The van der Waals surface area contributed by atoms with Crippen molar-refractivity contribution in [1.82, 2.24) is 0 Å². The van der Waals surface area contributed by atoms with Crippen LogP contribution in [0.5, 0.6) is 0 Å². The van der Waals surface area contributed by atoms with Gasteiger partial charge in [0, 0.05) is 17.2 Å². The van der Waals surface area contributed by atoms with Crippen LogP contribution in [0.4, 0.5) is 13.2 Å². The second-order valence-electron chi connectivity index (χ2n) is 4.13. The minimum atomic E-state index is -1.02. The Kier molecular flexibility index (Phi) is 4.21. The molecule has 1 atom stereocenters. The smallest absolute Gasteiger partial charge is 0.142 e. The van der Waals surface area contributed by atoms with Crippen LogP contribution >= 0.6 is 27.5 Å². The predicted molar refractivity (Wildman–Crippen MR) is 72.9 cm³/mol. The summed E-state index contributed by atoms with van der Waals surface area (Å²) in [5, 5.41) is -1.02.